The molecule has 0 radical (unpaired) electrons. The maximum atomic E-state index is 5.89. The monoisotopic (exact) mass is 232 g/mol. The van der Waals surface area contributed by atoms with Crippen LogP contribution in [-0.4, -0.2) is 0 Å². The molecule has 0 amide bonds. The minimum Gasteiger partial charge on any atom is -0.472 e. The summed E-state index contributed by atoms with van der Waals surface area (Å²) in [6, 6.07) is 6.17. The molecule has 0 aliphatic heterocycles. The Kier molecular flexibility index (Phi) is 3.14. The van der Waals surface area contributed by atoms with Crippen molar-refractivity contribution >= 4 is 0 Å². The van der Waals surface area contributed by atoms with Crippen molar-refractivity contribution in [1.29, 1.82) is 0 Å². The van der Waals surface area contributed by atoms with Gasteiger partial charge in [-0.05, 0) is 29.7 Å². The molecule has 0 aliphatic rings. The van der Waals surface area contributed by atoms with E-state index in [-0.39, 0.29) is 5.41 Å². The SMILES string of the molecule is CC(Cc1ccc(C(C)(C)C)o1)c1ccoc1. The Balaban J connectivity index is 2.07. The van der Waals surface area contributed by atoms with Gasteiger partial charge >= 0.3 is 0 Å². The third-order valence-electron chi connectivity index (χ3n) is 3.02. The first-order chi connectivity index (χ1) is 7.97. The second-order valence-electron chi connectivity index (χ2n) is 5.68. The topological polar surface area (TPSA) is 26.3 Å². The fourth-order valence-corrected chi connectivity index (χ4v) is 1.87. The van der Waals surface area contributed by atoms with Crippen LogP contribution in [0.1, 0.15) is 50.7 Å². The van der Waals surface area contributed by atoms with E-state index < -0.39 is 0 Å². The molecule has 0 N–H and O–H groups in total. The van der Waals surface area contributed by atoms with E-state index in [9.17, 15) is 0 Å². The average Bonchev–Trinajstić information content (AvgIpc) is 2.85. The maximum absolute atomic E-state index is 5.89. The molecule has 2 heteroatoms. The van der Waals surface area contributed by atoms with Gasteiger partial charge in [0.2, 0.25) is 0 Å². The zero-order chi connectivity index (χ0) is 12.5. The first kappa shape index (κ1) is 12.0. The van der Waals surface area contributed by atoms with E-state index in [1.165, 1.54) is 5.56 Å². The highest BCUT2D eigenvalue weighted by molar-refractivity contribution is 5.18. The molecule has 2 rings (SSSR count). The Hall–Kier alpha value is -1.44. The molecule has 17 heavy (non-hydrogen) atoms. The van der Waals surface area contributed by atoms with Gasteiger partial charge in [0.15, 0.2) is 0 Å². The van der Waals surface area contributed by atoms with Crippen LogP contribution in [0.3, 0.4) is 0 Å². The third-order valence-corrected chi connectivity index (χ3v) is 3.02. The van der Waals surface area contributed by atoms with Crippen LogP contribution in [0.5, 0.6) is 0 Å². The molecule has 2 aromatic heterocycles. The van der Waals surface area contributed by atoms with E-state index >= 15 is 0 Å². The zero-order valence-electron chi connectivity index (χ0n) is 11.0. The van der Waals surface area contributed by atoms with Gasteiger partial charge in [-0.15, -0.1) is 0 Å². The third kappa shape index (κ3) is 2.82. The van der Waals surface area contributed by atoms with E-state index in [4.69, 9.17) is 8.83 Å². The lowest BCUT2D eigenvalue weighted by Gasteiger charge is -2.14. The number of hydrogen-bond donors (Lipinski definition) is 0. The second-order valence-corrected chi connectivity index (χ2v) is 5.68. The summed E-state index contributed by atoms with van der Waals surface area (Å²) < 4.78 is 11.0. The summed E-state index contributed by atoms with van der Waals surface area (Å²) in [4.78, 5) is 0. The molecule has 2 aromatic rings. The summed E-state index contributed by atoms with van der Waals surface area (Å²) in [6.07, 6.45) is 4.43. The largest absolute Gasteiger partial charge is 0.472 e. The van der Waals surface area contributed by atoms with Gasteiger partial charge in [0, 0.05) is 11.8 Å². The van der Waals surface area contributed by atoms with Crippen LogP contribution in [0.4, 0.5) is 0 Å². The fourth-order valence-electron chi connectivity index (χ4n) is 1.87. The van der Waals surface area contributed by atoms with E-state index in [0.717, 1.165) is 17.9 Å². The molecule has 0 fully saturated rings. The number of rotatable bonds is 3. The molecule has 0 aliphatic carbocycles. The Bertz CT molecular complexity index is 457. The molecule has 0 saturated heterocycles. The van der Waals surface area contributed by atoms with Crippen molar-refractivity contribution < 1.29 is 8.83 Å². The fraction of sp³-hybridized carbons (Fsp3) is 0.467. The molecule has 92 valence electrons. The molecule has 1 unspecified atom stereocenters. The van der Waals surface area contributed by atoms with Gasteiger partial charge < -0.3 is 8.83 Å². The molecular weight excluding hydrogens is 212 g/mol. The maximum Gasteiger partial charge on any atom is 0.109 e. The highest BCUT2D eigenvalue weighted by atomic mass is 16.3. The number of furan rings is 2. The average molecular weight is 232 g/mol. The van der Waals surface area contributed by atoms with Crippen molar-refractivity contribution in [3.05, 3.63) is 47.8 Å². The van der Waals surface area contributed by atoms with Crippen molar-refractivity contribution in [2.45, 2.75) is 45.4 Å². The molecule has 1 atom stereocenters. The second kappa shape index (κ2) is 4.44. The van der Waals surface area contributed by atoms with Crippen LogP contribution in [0.2, 0.25) is 0 Å². The molecule has 0 aromatic carbocycles. The van der Waals surface area contributed by atoms with Crippen LogP contribution in [0.25, 0.3) is 0 Å². The summed E-state index contributed by atoms with van der Waals surface area (Å²) in [5.74, 6) is 2.52. The minimum absolute atomic E-state index is 0.0805. The van der Waals surface area contributed by atoms with Crippen molar-refractivity contribution in [3.63, 3.8) is 0 Å². The van der Waals surface area contributed by atoms with Crippen LogP contribution >= 0.6 is 0 Å². The van der Waals surface area contributed by atoms with Crippen LogP contribution in [0, 0.1) is 0 Å². The van der Waals surface area contributed by atoms with Crippen molar-refractivity contribution in [2.75, 3.05) is 0 Å². The minimum atomic E-state index is 0.0805. The highest BCUT2D eigenvalue weighted by Gasteiger charge is 2.19. The predicted molar refractivity (Wildman–Crippen MR) is 68.2 cm³/mol. The van der Waals surface area contributed by atoms with Crippen molar-refractivity contribution in [1.82, 2.24) is 0 Å². The van der Waals surface area contributed by atoms with Crippen LogP contribution < -0.4 is 0 Å². The molecule has 0 bridgehead atoms. The highest BCUT2D eigenvalue weighted by Crippen LogP contribution is 2.27. The smallest absolute Gasteiger partial charge is 0.109 e. The molecule has 2 nitrogen and oxygen atoms in total. The van der Waals surface area contributed by atoms with Gasteiger partial charge in [-0.25, -0.2) is 0 Å². The Morgan fingerprint density at radius 1 is 1.18 bits per heavy atom. The summed E-state index contributed by atoms with van der Waals surface area (Å²) in [5.41, 5.74) is 1.30. The van der Waals surface area contributed by atoms with Gasteiger partial charge in [0.25, 0.3) is 0 Å². The van der Waals surface area contributed by atoms with Gasteiger partial charge in [-0.1, -0.05) is 27.7 Å². The van der Waals surface area contributed by atoms with E-state index in [1.807, 2.05) is 6.07 Å². The van der Waals surface area contributed by atoms with Crippen molar-refractivity contribution in [2.24, 2.45) is 0 Å². The standard InChI is InChI=1S/C15H20O2/c1-11(12-7-8-16-10-12)9-13-5-6-14(17-13)15(2,3)4/h5-8,10-11H,9H2,1-4H3. The lowest BCUT2D eigenvalue weighted by Crippen LogP contribution is -2.09. The quantitative estimate of drug-likeness (QED) is 0.778. The van der Waals surface area contributed by atoms with E-state index in [1.54, 1.807) is 12.5 Å². The van der Waals surface area contributed by atoms with E-state index in [2.05, 4.69) is 39.8 Å². The summed E-state index contributed by atoms with van der Waals surface area (Å²) in [7, 11) is 0. The molecule has 0 saturated carbocycles. The summed E-state index contributed by atoms with van der Waals surface area (Å²) >= 11 is 0. The van der Waals surface area contributed by atoms with E-state index in [0.29, 0.717) is 5.92 Å². The van der Waals surface area contributed by atoms with Gasteiger partial charge in [-0.2, -0.15) is 0 Å². The Labute approximate surface area is 103 Å². The summed E-state index contributed by atoms with van der Waals surface area (Å²) in [5, 5.41) is 0. The summed E-state index contributed by atoms with van der Waals surface area (Å²) in [6.45, 7) is 8.67. The molecular formula is C15H20O2. The number of hydrogen-bond acceptors (Lipinski definition) is 2. The lowest BCUT2D eigenvalue weighted by atomic mass is 9.94. The Morgan fingerprint density at radius 2 is 1.94 bits per heavy atom. The zero-order valence-corrected chi connectivity index (χ0v) is 11.0. The first-order valence-electron chi connectivity index (χ1n) is 6.08. The van der Waals surface area contributed by atoms with Gasteiger partial charge in [0.05, 0.1) is 12.5 Å². The van der Waals surface area contributed by atoms with Crippen molar-refractivity contribution in [3.8, 4) is 0 Å². The van der Waals surface area contributed by atoms with Gasteiger partial charge in [-0.3, -0.25) is 0 Å². The molecule has 2 heterocycles. The van der Waals surface area contributed by atoms with Gasteiger partial charge in [0.1, 0.15) is 11.5 Å². The molecule has 0 spiro atoms. The lowest BCUT2D eigenvalue weighted by molar-refractivity contribution is 0.381. The first-order valence-corrected chi connectivity index (χ1v) is 6.08. The van der Waals surface area contributed by atoms with Crippen LogP contribution in [0.15, 0.2) is 39.6 Å². The predicted octanol–water partition coefficient (Wildman–Crippen LogP) is 4.52. The Morgan fingerprint density at radius 3 is 2.47 bits per heavy atom. The van der Waals surface area contributed by atoms with Crippen LogP contribution in [-0.2, 0) is 11.8 Å². The normalized spacial score (nSPS) is 13.9.